The molecule has 2 aromatic heterocycles. The first-order valence-corrected chi connectivity index (χ1v) is 12.9. The van der Waals surface area contributed by atoms with Gasteiger partial charge >= 0.3 is 0 Å². The summed E-state index contributed by atoms with van der Waals surface area (Å²) >= 11 is 1.44. The van der Waals surface area contributed by atoms with Crippen LogP contribution in [0.5, 0.6) is 0 Å². The number of amides is 1. The molecule has 1 unspecified atom stereocenters. The third kappa shape index (κ3) is 4.88. The number of benzene rings is 3. The summed E-state index contributed by atoms with van der Waals surface area (Å²) in [7, 11) is 0. The number of carbonyl (C=O) groups excluding carboxylic acids is 1. The smallest absolute Gasteiger partial charge is 0.237 e. The van der Waals surface area contributed by atoms with Crippen molar-refractivity contribution >= 4 is 34.4 Å². The van der Waals surface area contributed by atoms with E-state index in [1.807, 2.05) is 103 Å². The highest BCUT2D eigenvalue weighted by Crippen LogP contribution is 2.34. The van der Waals surface area contributed by atoms with E-state index in [0.29, 0.717) is 5.82 Å². The third-order valence-electron chi connectivity index (χ3n) is 5.88. The number of fused-ring (bicyclic) bond motifs is 1. The Hall–Kier alpha value is -3.97. The summed E-state index contributed by atoms with van der Waals surface area (Å²) in [5.74, 6) is 0.531. The summed E-state index contributed by atoms with van der Waals surface area (Å²) in [5.41, 5.74) is 5.37. The van der Waals surface area contributed by atoms with E-state index in [2.05, 4.69) is 12.2 Å². The van der Waals surface area contributed by atoms with Crippen LogP contribution in [0.15, 0.2) is 90.0 Å². The molecule has 1 amide bonds. The van der Waals surface area contributed by atoms with E-state index in [0.717, 1.165) is 50.7 Å². The van der Waals surface area contributed by atoms with Crippen molar-refractivity contribution in [3.8, 4) is 17.1 Å². The van der Waals surface area contributed by atoms with Crippen molar-refractivity contribution < 1.29 is 4.79 Å². The number of nitrogens with one attached hydrogen (secondary N) is 1. The van der Waals surface area contributed by atoms with Crippen molar-refractivity contribution in [2.45, 2.75) is 37.5 Å². The Bertz CT molecular complexity index is 1520. The van der Waals surface area contributed by atoms with Gasteiger partial charge in [0.2, 0.25) is 5.91 Å². The Morgan fingerprint density at radius 2 is 1.69 bits per heavy atom. The maximum Gasteiger partial charge on any atom is 0.237 e. The monoisotopic (exact) mass is 493 g/mol. The van der Waals surface area contributed by atoms with Gasteiger partial charge in [-0.3, -0.25) is 4.79 Å². The Morgan fingerprint density at radius 3 is 2.39 bits per heavy atom. The highest BCUT2D eigenvalue weighted by molar-refractivity contribution is 8.00. The van der Waals surface area contributed by atoms with Crippen molar-refractivity contribution in [1.82, 2.24) is 19.7 Å². The molecule has 2 heterocycles. The van der Waals surface area contributed by atoms with E-state index in [1.165, 1.54) is 11.8 Å². The van der Waals surface area contributed by atoms with Gasteiger partial charge in [-0.2, -0.15) is 5.10 Å². The van der Waals surface area contributed by atoms with Crippen LogP contribution in [0.1, 0.15) is 25.1 Å². The van der Waals surface area contributed by atoms with Crippen LogP contribution in [0.4, 0.5) is 5.69 Å². The molecule has 0 bridgehead atoms. The maximum atomic E-state index is 13.1. The molecule has 1 atom stereocenters. The van der Waals surface area contributed by atoms with Crippen LogP contribution < -0.4 is 5.32 Å². The number of thioether (sulfide) groups is 1. The number of aromatic nitrogens is 4. The van der Waals surface area contributed by atoms with E-state index in [-0.39, 0.29) is 11.2 Å². The molecule has 1 N–H and O–H groups in total. The fraction of sp³-hybridized carbons (Fsp3) is 0.172. The highest BCUT2D eigenvalue weighted by atomic mass is 32.2. The molecule has 0 spiro atoms. The number of rotatable bonds is 7. The van der Waals surface area contributed by atoms with Crippen molar-refractivity contribution in [2.24, 2.45) is 0 Å². The number of carbonyl (C=O) groups is 1. The van der Waals surface area contributed by atoms with Gasteiger partial charge in [0.25, 0.3) is 0 Å². The largest absolute Gasteiger partial charge is 0.325 e. The predicted molar refractivity (Wildman–Crippen MR) is 147 cm³/mol. The second-order valence-electron chi connectivity index (χ2n) is 8.58. The van der Waals surface area contributed by atoms with Gasteiger partial charge in [0.1, 0.15) is 5.03 Å². The van der Waals surface area contributed by atoms with Crippen molar-refractivity contribution in [3.05, 3.63) is 96.2 Å². The lowest BCUT2D eigenvalue weighted by molar-refractivity contribution is -0.115. The molecule has 180 valence electrons. The third-order valence-corrected chi connectivity index (χ3v) is 6.96. The zero-order valence-electron chi connectivity index (χ0n) is 20.5. The predicted octanol–water partition coefficient (Wildman–Crippen LogP) is 6.47. The molecule has 0 aliphatic heterocycles. The van der Waals surface area contributed by atoms with Crippen molar-refractivity contribution in [2.75, 3.05) is 5.32 Å². The Labute approximate surface area is 214 Å². The van der Waals surface area contributed by atoms with Crippen LogP contribution in [0.2, 0.25) is 0 Å². The van der Waals surface area contributed by atoms with E-state index in [1.54, 1.807) is 0 Å². The van der Waals surface area contributed by atoms with Crippen molar-refractivity contribution in [3.63, 3.8) is 0 Å². The minimum atomic E-state index is -0.378. The first kappa shape index (κ1) is 23.8. The molecule has 5 aromatic rings. The number of anilines is 1. The summed E-state index contributed by atoms with van der Waals surface area (Å²) in [6, 6.07) is 27.7. The molecule has 0 aliphatic carbocycles. The van der Waals surface area contributed by atoms with Gasteiger partial charge in [0.05, 0.1) is 22.0 Å². The molecule has 7 heteroatoms. The maximum absolute atomic E-state index is 13.1. The summed E-state index contributed by atoms with van der Waals surface area (Å²) in [4.78, 5) is 23.0. The molecule has 5 rings (SSSR count). The minimum Gasteiger partial charge on any atom is -0.325 e. The minimum absolute atomic E-state index is 0.0767. The van der Waals surface area contributed by atoms with E-state index in [9.17, 15) is 4.79 Å². The van der Waals surface area contributed by atoms with Crippen LogP contribution in [-0.4, -0.2) is 30.9 Å². The number of hydrogen-bond acceptors (Lipinski definition) is 5. The fourth-order valence-electron chi connectivity index (χ4n) is 4.04. The molecule has 0 radical (unpaired) electrons. The van der Waals surface area contributed by atoms with E-state index in [4.69, 9.17) is 15.1 Å². The van der Waals surface area contributed by atoms with Crippen LogP contribution in [0.25, 0.3) is 28.1 Å². The first-order chi connectivity index (χ1) is 17.5. The second-order valence-corrected chi connectivity index (χ2v) is 9.91. The molecule has 0 saturated heterocycles. The Morgan fingerprint density at radius 1 is 0.972 bits per heavy atom. The molecular formula is C29H27N5OS. The van der Waals surface area contributed by atoms with Crippen LogP contribution in [-0.2, 0) is 11.2 Å². The first-order valence-electron chi connectivity index (χ1n) is 12.0. The zero-order valence-corrected chi connectivity index (χ0v) is 21.3. The van der Waals surface area contributed by atoms with Gasteiger partial charge in [-0.15, -0.1) is 0 Å². The molecule has 0 aliphatic rings. The van der Waals surface area contributed by atoms with Gasteiger partial charge in [-0.05, 0) is 50.1 Å². The Balaban J connectivity index is 1.59. The highest BCUT2D eigenvalue weighted by Gasteiger charge is 2.23. The molecule has 0 saturated carbocycles. The molecule has 0 fully saturated rings. The molecule has 3 aromatic carbocycles. The molecular weight excluding hydrogens is 466 g/mol. The number of aryl methyl sites for hydroxylation is 2. The van der Waals surface area contributed by atoms with Crippen LogP contribution in [0, 0.1) is 6.92 Å². The average Bonchev–Trinajstić information content (AvgIpc) is 3.29. The lowest BCUT2D eigenvalue weighted by Crippen LogP contribution is -2.22. The van der Waals surface area contributed by atoms with Crippen LogP contribution >= 0.6 is 11.8 Å². The lowest BCUT2D eigenvalue weighted by atomic mass is 10.2. The van der Waals surface area contributed by atoms with E-state index >= 15 is 0 Å². The quantitative estimate of drug-likeness (QED) is 0.208. The molecule has 6 nitrogen and oxygen atoms in total. The SMILES string of the molecule is CCc1nn(-c2ccccc2)c2nc(-c3ccccc3)nc(SC(C)C(=O)Nc3cccc(C)c3)c12. The number of nitrogens with zero attached hydrogens (tertiary/aromatic N) is 4. The van der Waals surface area contributed by atoms with E-state index < -0.39 is 0 Å². The lowest BCUT2D eigenvalue weighted by Gasteiger charge is -2.14. The van der Waals surface area contributed by atoms with Crippen molar-refractivity contribution in [1.29, 1.82) is 0 Å². The second kappa shape index (κ2) is 10.3. The Kier molecular flexibility index (Phi) is 6.82. The van der Waals surface area contributed by atoms with Crippen LogP contribution in [0.3, 0.4) is 0 Å². The molecule has 36 heavy (non-hydrogen) atoms. The topological polar surface area (TPSA) is 72.7 Å². The number of para-hydroxylation sites is 1. The van der Waals surface area contributed by atoms with Gasteiger partial charge in [0, 0.05) is 11.3 Å². The summed E-state index contributed by atoms with van der Waals surface area (Å²) in [5, 5.41) is 9.20. The number of hydrogen-bond donors (Lipinski definition) is 1. The standard InChI is InChI=1S/C29H27N5OS/c1-4-24-25-27(34(33-24)23-16-9-6-10-17-23)31-26(21-13-7-5-8-14-21)32-29(25)36-20(3)28(35)30-22-15-11-12-19(2)18-22/h5-18,20H,4H2,1-3H3,(H,30,35). The van der Waals surface area contributed by atoms with Gasteiger partial charge < -0.3 is 5.32 Å². The fourth-order valence-corrected chi connectivity index (χ4v) is 5.01. The van der Waals surface area contributed by atoms with Gasteiger partial charge in [-0.1, -0.05) is 79.3 Å². The average molecular weight is 494 g/mol. The van der Waals surface area contributed by atoms with Gasteiger partial charge in [-0.25, -0.2) is 14.6 Å². The summed E-state index contributed by atoms with van der Waals surface area (Å²) < 4.78 is 1.88. The normalized spacial score (nSPS) is 12.0. The summed E-state index contributed by atoms with van der Waals surface area (Å²) in [6.45, 7) is 5.98. The van der Waals surface area contributed by atoms with Gasteiger partial charge in [0.15, 0.2) is 11.5 Å². The zero-order chi connectivity index (χ0) is 25.1. The summed E-state index contributed by atoms with van der Waals surface area (Å²) in [6.07, 6.45) is 0.724.